The van der Waals surface area contributed by atoms with Gasteiger partial charge in [0.25, 0.3) is 0 Å². The molecular weight excluding hydrogens is 270 g/mol. The van der Waals surface area contributed by atoms with Crippen LogP contribution in [0.15, 0.2) is 4.52 Å². The summed E-state index contributed by atoms with van der Waals surface area (Å²) in [6.45, 7) is 6.62. The summed E-state index contributed by atoms with van der Waals surface area (Å²) >= 11 is 1.85. The minimum Gasteiger partial charge on any atom is -0.339 e. The number of thioether (sulfide) groups is 1. The molecule has 1 aromatic rings. The zero-order valence-electron chi connectivity index (χ0n) is 13.1. The minimum absolute atomic E-state index is 0.237. The maximum Gasteiger partial charge on any atom is 0.227 e. The van der Waals surface area contributed by atoms with Gasteiger partial charge in [0, 0.05) is 17.2 Å². The van der Waals surface area contributed by atoms with Gasteiger partial charge in [0.15, 0.2) is 5.82 Å². The zero-order chi connectivity index (χ0) is 14.6. The van der Waals surface area contributed by atoms with E-state index in [-0.39, 0.29) is 4.75 Å². The largest absolute Gasteiger partial charge is 0.339 e. The molecule has 1 aromatic heterocycles. The average molecular weight is 297 g/mol. The molecule has 0 aromatic carbocycles. The molecule has 4 nitrogen and oxygen atoms in total. The Morgan fingerprint density at radius 3 is 2.75 bits per heavy atom. The first kappa shape index (κ1) is 15.8. The summed E-state index contributed by atoms with van der Waals surface area (Å²) in [4.78, 5) is 4.55. The first-order chi connectivity index (χ1) is 9.48. The first-order valence-electron chi connectivity index (χ1n) is 7.60. The van der Waals surface area contributed by atoms with Crippen LogP contribution in [0, 0.1) is 5.92 Å². The standard InChI is InChI=1S/C15H27N3OS/c1-15(2,3)20-10-13-17-14(19-18-13)9-11-7-5-6-8-12(11)16-4/h11-12,16H,5-10H2,1-4H3. The van der Waals surface area contributed by atoms with Gasteiger partial charge in [-0.15, -0.1) is 11.8 Å². The van der Waals surface area contributed by atoms with Crippen molar-refractivity contribution in [2.75, 3.05) is 7.05 Å². The Bertz CT molecular complexity index is 413. The first-order valence-corrected chi connectivity index (χ1v) is 8.59. The third-order valence-corrected chi connectivity index (χ3v) is 5.13. The zero-order valence-corrected chi connectivity index (χ0v) is 13.9. The smallest absolute Gasteiger partial charge is 0.227 e. The molecule has 0 aliphatic heterocycles. The number of hydrogen-bond donors (Lipinski definition) is 1. The molecule has 5 heteroatoms. The molecule has 0 spiro atoms. The Morgan fingerprint density at radius 1 is 1.30 bits per heavy atom. The Kier molecular flexibility index (Phi) is 5.49. The Labute approximate surface area is 126 Å². The van der Waals surface area contributed by atoms with Gasteiger partial charge >= 0.3 is 0 Å². The van der Waals surface area contributed by atoms with Crippen LogP contribution < -0.4 is 5.32 Å². The van der Waals surface area contributed by atoms with E-state index < -0.39 is 0 Å². The summed E-state index contributed by atoms with van der Waals surface area (Å²) in [5.41, 5.74) is 0. The molecule has 0 bridgehead atoms. The molecule has 20 heavy (non-hydrogen) atoms. The molecule has 2 unspecified atom stereocenters. The van der Waals surface area contributed by atoms with Crippen molar-refractivity contribution in [2.24, 2.45) is 5.92 Å². The van der Waals surface area contributed by atoms with Gasteiger partial charge in [-0.25, -0.2) is 0 Å². The lowest BCUT2D eigenvalue weighted by atomic mass is 9.82. The number of aromatic nitrogens is 2. The second-order valence-electron chi connectivity index (χ2n) is 6.65. The molecule has 1 fully saturated rings. The molecule has 2 rings (SSSR count). The lowest BCUT2D eigenvalue weighted by Gasteiger charge is -2.30. The topological polar surface area (TPSA) is 51.0 Å². The summed E-state index contributed by atoms with van der Waals surface area (Å²) in [7, 11) is 2.06. The SMILES string of the molecule is CNC1CCCCC1Cc1nc(CSC(C)(C)C)no1. The highest BCUT2D eigenvalue weighted by Crippen LogP contribution is 2.28. The molecule has 2 atom stereocenters. The van der Waals surface area contributed by atoms with Crippen molar-refractivity contribution >= 4 is 11.8 Å². The van der Waals surface area contributed by atoms with Gasteiger partial charge in [-0.3, -0.25) is 0 Å². The highest BCUT2D eigenvalue weighted by Gasteiger charge is 2.26. The van der Waals surface area contributed by atoms with Crippen molar-refractivity contribution in [2.45, 2.75) is 69.4 Å². The van der Waals surface area contributed by atoms with Crippen LogP contribution in [0.25, 0.3) is 0 Å². The van der Waals surface area contributed by atoms with Crippen LogP contribution in [-0.2, 0) is 12.2 Å². The van der Waals surface area contributed by atoms with Gasteiger partial charge in [-0.05, 0) is 25.8 Å². The molecule has 1 aliphatic carbocycles. The maximum absolute atomic E-state index is 5.42. The molecule has 0 amide bonds. The second kappa shape index (κ2) is 6.94. The lowest BCUT2D eigenvalue weighted by molar-refractivity contribution is 0.248. The van der Waals surface area contributed by atoms with Gasteiger partial charge in [0.1, 0.15) is 0 Å². The molecule has 1 N–H and O–H groups in total. The van der Waals surface area contributed by atoms with Crippen LogP contribution in [-0.4, -0.2) is 28.0 Å². The van der Waals surface area contributed by atoms with Crippen LogP contribution in [0.4, 0.5) is 0 Å². The van der Waals surface area contributed by atoms with Crippen LogP contribution in [0.5, 0.6) is 0 Å². The number of rotatable bonds is 5. The minimum atomic E-state index is 0.237. The molecule has 1 heterocycles. The summed E-state index contributed by atoms with van der Waals surface area (Å²) in [6.07, 6.45) is 6.10. The Balaban J connectivity index is 1.88. The van der Waals surface area contributed by atoms with Gasteiger partial charge in [0.2, 0.25) is 5.89 Å². The van der Waals surface area contributed by atoms with Gasteiger partial charge in [0.05, 0.1) is 5.75 Å². The highest BCUT2D eigenvalue weighted by atomic mass is 32.2. The maximum atomic E-state index is 5.42. The molecule has 1 saturated carbocycles. The van der Waals surface area contributed by atoms with Crippen molar-refractivity contribution in [3.8, 4) is 0 Å². The van der Waals surface area contributed by atoms with E-state index in [1.54, 1.807) is 0 Å². The van der Waals surface area contributed by atoms with Crippen LogP contribution in [0.1, 0.15) is 58.2 Å². The third-order valence-electron chi connectivity index (χ3n) is 3.86. The molecule has 0 radical (unpaired) electrons. The fourth-order valence-electron chi connectivity index (χ4n) is 2.77. The van der Waals surface area contributed by atoms with Crippen molar-refractivity contribution in [1.29, 1.82) is 0 Å². The van der Waals surface area contributed by atoms with Gasteiger partial charge in [-0.1, -0.05) is 38.8 Å². The van der Waals surface area contributed by atoms with E-state index in [2.05, 4.69) is 43.3 Å². The highest BCUT2D eigenvalue weighted by molar-refractivity contribution is 7.99. The molecule has 1 aliphatic rings. The average Bonchev–Trinajstić information content (AvgIpc) is 2.84. The summed E-state index contributed by atoms with van der Waals surface area (Å²) in [6, 6.07) is 0.600. The predicted octanol–water partition coefficient (Wildman–Crippen LogP) is 3.42. The van der Waals surface area contributed by atoms with Gasteiger partial charge < -0.3 is 9.84 Å². The Hall–Kier alpha value is -0.550. The summed E-state index contributed by atoms with van der Waals surface area (Å²) < 4.78 is 5.66. The quantitative estimate of drug-likeness (QED) is 0.902. The van der Waals surface area contributed by atoms with E-state index in [1.807, 2.05) is 11.8 Å². The Morgan fingerprint density at radius 2 is 2.05 bits per heavy atom. The predicted molar refractivity (Wildman–Crippen MR) is 83.9 cm³/mol. The molecule has 114 valence electrons. The van der Waals surface area contributed by atoms with E-state index in [1.165, 1.54) is 25.7 Å². The van der Waals surface area contributed by atoms with Crippen LogP contribution >= 0.6 is 11.8 Å². The van der Waals surface area contributed by atoms with Gasteiger partial charge in [-0.2, -0.15) is 4.98 Å². The second-order valence-corrected chi connectivity index (χ2v) is 8.45. The van der Waals surface area contributed by atoms with Crippen molar-refractivity contribution in [3.05, 3.63) is 11.7 Å². The van der Waals surface area contributed by atoms with E-state index >= 15 is 0 Å². The van der Waals surface area contributed by atoms with E-state index in [9.17, 15) is 0 Å². The van der Waals surface area contributed by atoms with Crippen molar-refractivity contribution in [3.63, 3.8) is 0 Å². The van der Waals surface area contributed by atoms with Crippen molar-refractivity contribution in [1.82, 2.24) is 15.5 Å². The fraction of sp³-hybridized carbons (Fsp3) is 0.867. The molecule has 0 saturated heterocycles. The van der Waals surface area contributed by atoms with Crippen LogP contribution in [0.3, 0.4) is 0 Å². The van der Waals surface area contributed by atoms with E-state index in [0.717, 1.165) is 23.9 Å². The number of hydrogen-bond acceptors (Lipinski definition) is 5. The third kappa shape index (κ3) is 4.77. The lowest BCUT2D eigenvalue weighted by Crippen LogP contribution is -2.37. The summed E-state index contributed by atoms with van der Waals surface area (Å²) in [5, 5.41) is 7.54. The van der Waals surface area contributed by atoms with E-state index in [0.29, 0.717) is 12.0 Å². The summed E-state index contributed by atoms with van der Waals surface area (Å²) in [5.74, 6) is 3.10. The monoisotopic (exact) mass is 297 g/mol. The van der Waals surface area contributed by atoms with Crippen LogP contribution in [0.2, 0.25) is 0 Å². The van der Waals surface area contributed by atoms with E-state index in [4.69, 9.17) is 4.52 Å². The number of nitrogens with one attached hydrogen (secondary N) is 1. The number of nitrogens with zero attached hydrogens (tertiary/aromatic N) is 2. The van der Waals surface area contributed by atoms with Crippen molar-refractivity contribution < 1.29 is 4.52 Å². The molecular formula is C15H27N3OS. The normalized spacial score (nSPS) is 24.0. The fourth-order valence-corrected chi connectivity index (χ4v) is 3.45.